The Labute approximate surface area is 97.6 Å². The Hall–Kier alpha value is -0.830. The fourth-order valence-electron chi connectivity index (χ4n) is 2.73. The van der Waals surface area contributed by atoms with Crippen molar-refractivity contribution in [3.05, 3.63) is 17.8 Å². The highest BCUT2D eigenvalue weighted by atomic mass is 16.4. The number of nitrogens with zero attached hydrogens (tertiary/aromatic N) is 1. The SMILES string of the molecule is CCC1(c2cnc(CCNC)o2)CCCC1. The number of hydrogen-bond acceptors (Lipinski definition) is 3. The summed E-state index contributed by atoms with van der Waals surface area (Å²) < 4.78 is 5.91. The normalized spacial score (nSPS) is 19.1. The second kappa shape index (κ2) is 5.00. The summed E-state index contributed by atoms with van der Waals surface area (Å²) in [5.74, 6) is 2.00. The van der Waals surface area contributed by atoms with Crippen molar-refractivity contribution >= 4 is 0 Å². The number of likely N-dealkylation sites (N-methyl/N-ethyl adjacent to an activating group) is 1. The molecule has 0 bridgehead atoms. The van der Waals surface area contributed by atoms with Crippen molar-refractivity contribution in [1.29, 1.82) is 0 Å². The Morgan fingerprint density at radius 3 is 2.81 bits per heavy atom. The van der Waals surface area contributed by atoms with Crippen molar-refractivity contribution < 1.29 is 4.42 Å². The summed E-state index contributed by atoms with van der Waals surface area (Å²) in [5.41, 5.74) is 0.297. The lowest BCUT2D eigenvalue weighted by Gasteiger charge is -2.23. The molecule has 1 N–H and O–H groups in total. The van der Waals surface area contributed by atoms with Crippen LogP contribution in [0.1, 0.15) is 50.7 Å². The topological polar surface area (TPSA) is 38.1 Å². The van der Waals surface area contributed by atoms with Crippen molar-refractivity contribution in [1.82, 2.24) is 10.3 Å². The van der Waals surface area contributed by atoms with E-state index in [9.17, 15) is 0 Å². The number of nitrogens with one attached hydrogen (secondary N) is 1. The Morgan fingerprint density at radius 1 is 1.44 bits per heavy atom. The first kappa shape index (κ1) is 11.6. The standard InChI is InChI=1S/C13H22N2O/c1-3-13(7-4-5-8-13)11-10-15-12(16-11)6-9-14-2/h10,14H,3-9H2,1-2H3. The molecule has 0 aromatic carbocycles. The van der Waals surface area contributed by atoms with E-state index in [1.807, 2.05) is 13.2 Å². The van der Waals surface area contributed by atoms with Crippen LogP contribution >= 0.6 is 0 Å². The molecule has 0 amide bonds. The van der Waals surface area contributed by atoms with Crippen LogP contribution < -0.4 is 5.32 Å². The van der Waals surface area contributed by atoms with Gasteiger partial charge in [0.25, 0.3) is 0 Å². The van der Waals surface area contributed by atoms with Crippen LogP contribution in [0.2, 0.25) is 0 Å². The third kappa shape index (κ3) is 2.14. The highest BCUT2D eigenvalue weighted by molar-refractivity contribution is 5.13. The van der Waals surface area contributed by atoms with Gasteiger partial charge in [0.15, 0.2) is 5.89 Å². The van der Waals surface area contributed by atoms with Crippen LogP contribution in [0.5, 0.6) is 0 Å². The first-order chi connectivity index (χ1) is 7.80. The van der Waals surface area contributed by atoms with Crippen LogP contribution in [0, 0.1) is 0 Å². The highest BCUT2D eigenvalue weighted by Crippen LogP contribution is 2.43. The molecule has 0 atom stereocenters. The van der Waals surface area contributed by atoms with Gasteiger partial charge in [-0.2, -0.15) is 0 Å². The van der Waals surface area contributed by atoms with Crippen molar-refractivity contribution in [2.24, 2.45) is 0 Å². The number of oxazole rings is 1. The summed E-state index contributed by atoms with van der Waals surface area (Å²) in [5, 5.41) is 3.12. The maximum Gasteiger partial charge on any atom is 0.195 e. The van der Waals surface area contributed by atoms with E-state index in [0.29, 0.717) is 5.41 Å². The maximum absolute atomic E-state index is 5.91. The fraction of sp³-hybridized carbons (Fsp3) is 0.769. The second-order valence-electron chi connectivity index (χ2n) is 4.81. The molecule has 3 heteroatoms. The molecule has 1 fully saturated rings. The molecule has 16 heavy (non-hydrogen) atoms. The minimum Gasteiger partial charge on any atom is -0.445 e. The Bertz CT molecular complexity index is 326. The van der Waals surface area contributed by atoms with E-state index in [-0.39, 0.29) is 0 Å². The molecule has 1 aromatic heterocycles. The van der Waals surface area contributed by atoms with E-state index in [1.54, 1.807) is 0 Å². The summed E-state index contributed by atoms with van der Waals surface area (Å²) in [6.45, 7) is 3.19. The van der Waals surface area contributed by atoms with Gasteiger partial charge in [-0.3, -0.25) is 0 Å². The molecule has 0 unspecified atom stereocenters. The third-order valence-corrected chi connectivity index (χ3v) is 3.90. The molecule has 0 spiro atoms. The van der Waals surface area contributed by atoms with Crippen LogP contribution in [-0.4, -0.2) is 18.6 Å². The lowest BCUT2D eigenvalue weighted by molar-refractivity contribution is 0.316. The molecule has 2 rings (SSSR count). The van der Waals surface area contributed by atoms with E-state index in [0.717, 1.165) is 24.6 Å². The molecule has 1 aliphatic carbocycles. The predicted octanol–water partition coefficient (Wildman–Crippen LogP) is 2.66. The first-order valence-corrected chi connectivity index (χ1v) is 6.40. The predicted molar refractivity (Wildman–Crippen MR) is 64.6 cm³/mol. The zero-order chi connectivity index (χ0) is 11.4. The lowest BCUT2D eigenvalue weighted by Crippen LogP contribution is -2.19. The van der Waals surface area contributed by atoms with Gasteiger partial charge in [-0.1, -0.05) is 19.8 Å². The van der Waals surface area contributed by atoms with Gasteiger partial charge < -0.3 is 9.73 Å². The zero-order valence-corrected chi connectivity index (χ0v) is 10.4. The second-order valence-corrected chi connectivity index (χ2v) is 4.81. The minimum atomic E-state index is 0.297. The molecule has 1 heterocycles. The lowest BCUT2D eigenvalue weighted by atomic mass is 9.81. The van der Waals surface area contributed by atoms with Crippen LogP contribution in [0.3, 0.4) is 0 Å². The average molecular weight is 222 g/mol. The van der Waals surface area contributed by atoms with Crippen molar-refractivity contribution in [2.75, 3.05) is 13.6 Å². The molecule has 1 aromatic rings. The van der Waals surface area contributed by atoms with E-state index in [1.165, 1.54) is 32.1 Å². The summed E-state index contributed by atoms with van der Waals surface area (Å²) >= 11 is 0. The summed E-state index contributed by atoms with van der Waals surface area (Å²) in [4.78, 5) is 4.38. The van der Waals surface area contributed by atoms with Gasteiger partial charge in [-0.15, -0.1) is 0 Å². The smallest absolute Gasteiger partial charge is 0.195 e. The van der Waals surface area contributed by atoms with Crippen LogP contribution in [0.15, 0.2) is 10.6 Å². The summed E-state index contributed by atoms with van der Waals surface area (Å²) in [6.07, 6.45) is 9.22. The number of rotatable bonds is 5. The Kier molecular flexibility index (Phi) is 3.64. The minimum absolute atomic E-state index is 0.297. The van der Waals surface area contributed by atoms with Gasteiger partial charge >= 0.3 is 0 Å². The van der Waals surface area contributed by atoms with Gasteiger partial charge in [-0.25, -0.2) is 4.98 Å². The van der Waals surface area contributed by atoms with E-state index in [2.05, 4.69) is 17.2 Å². The molecule has 3 nitrogen and oxygen atoms in total. The van der Waals surface area contributed by atoms with Crippen LogP contribution in [-0.2, 0) is 11.8 Å². The molecular formula is C13H22N2O. The average Bonchev–Trinajstić information content (AvgIpc) is 2.95. The Morgan fingerprint density at radius 2 is 2.19 bits per heavy atom. The van der Waals surface area contributed by atoms with Crippen molar-refractivity contribution in [3.63, 3.8) is 0 Å². The Balaban J connectivity index is 2.10. The summed E-state index contributed by atoms with van der Waals surface area (Å²) in [6, 6.07) is 0. The van der Waals surface area contributed by atoms with Gasteiger partial charge in [-0.05, 0) is 26.3 Å². The summed E-state index contributed by atoms with van der Waals surface area (Å²) in [7, 11) is 1.95. The quantitative estimate of drug-likeness (QED) is 0.832. The first-order valence-electron chi connectivity index (χ1n) is 6.40. The van der Waals surface area contributed by atoms with E-state index < -0.39 is 0 Å². The van der Waals surface area contributed by atoms with Crippen molar-refractivity contribution in [2.45, 2.75) is 50.9 Å². The third-order valence-electron chi connectivity index (χ3n) is 3.90. The molecule has 1 saturated carbocycles. The molecule has 1 aliphatic rings. The van der Waals surface area contributed by atoms with Crippen molar-refractivity contribution in [3.8, 4) is 0 Å². The van der Waals surface area contributed by atoms with Crippen LogP contribution in [0.4, 0.5) is 0 Å². The van der Waals surface area contributed by atoms with Crippen LogP contribution in [0.25, 0.3) is 0 Å². The van der Waals surface area contributed by atoms with Gasteiger partial charge in [0.1, 0.15) is 5.76 Å². The largest absolute Gasteiger partial charge is 0.445 e. The van der Waals surface area contributed by atoms with Gasteiger partial charge in [0.05, 0.1) is 6.20 Å². The van der Waals surface area contributed by atoms with E-state index >= 15 is 0 Å². The number of hydrogen-bond donors (Lipinski definition) is 1. The number of aromatic nitrogens is 1. The van der Waals surface area contributed by atoms with Gasteiger partial charge in [0.2, 0.25) is 0 Å². The molecule has 0 saturated heterocycles. The molecule has 0 radical (unpaired) electrons. The molecule has 90 valence electrons. The highest BCUT2D eigenvalue weighted by Gasteiger charge is 2.37. The molecular weight excluding hydrogens is 200 g/mol. The van der Waals surface area contributed by atoms with Gasteiger partial charge in [0, 0.05) is 18.4 Å². The molecule has 0 aliphatic heterocycles. The fourth-order valence-corrected chi connectivity index (χ4v) is 2.73. The zero-order valence-electron chi connectivity index (χ0n) is 10.4. The maximum atomic E-state index is 5.91. The monoisotopic (exact) mass is 222 g/mol. The van der Waals surface area contributed by atoms with E-state index in [4.69, 9.17) is 4.42 Å².